The van der Waals surface area contributed by atoms with Crippen LogP contribution in [0.1, 0.15) is 33.6 Å². The van der Waals surface area contributed by atoms with Crippen LogP contribution in [0.5, 0.6) is 0 Å². The van der Waals surface area contributed by atoms with Crippen molar-refractivity contribution in [3.63, 3.8) is 0 Å². The molecular weight excluding hydrogens is 210 g/mol. The van der Waals surface area contributed by atoms with Crippen LogP contribution < -0.4 is 0 Å². The molecule has 1 amide bonds. The SMILES string of the molecule is CC(C)(C)OC(C(=O)O)C(=O)N1CCCC1. The Bertz CT molecular complexity index is 276. The van der Waals surface area contributed by atoms with E-state index in [-0.39, 0.29) is 0 Å². The molecule has 0 aromatic rings. The number of rotatable bonds is 3. The summed E-state index contributed by atoms with van der Waals surface area (Å²) in [6.07, 6.45) is 0.499. The Kier molecular flexibility index (Phi) is 3.91. The molecule has 1 atom stereocenters. The number of hydrogen-bond acceptors (Lipinski definition) is 3. The van der Waals surface area contributed by atoms with Gasteiger partial charge in [0.1, 0.15) is 0 Å². The summed E-state index contributed by atoms with van der Waals surface area (Å²) in [6, 6.07) is 0. The minimum absolute atomic E-state index is 0.431. The van der Waals surface area contributed by atoms with Crippen LogP contribution in [-0.2, 0) is 14.3 Å². The fraction of sp³-hybridized carbons (Fsp3) is 0.818. The van der Waals surface area contributed by atoms with Gasteiger partial charge >= 0.3 is 5.97 Å². The predicted molar refractivity (Wildman–Crippen MR) is 58.1 cm³/mol. The van der Waals surface area contributed by atoms with Gasteiger partial charge in [0.05, 0.1) is 5.60 Å². The Hall–Kier alpha value is -1.10. The van der Waals surface area contributed by atoms with Gasteiger partial charge in [0.2, 0.25) is 6.10 Å². The van der Waals surface area contributed by atoms with Crippen LogP contribution in [0.3, 0.4) is 0 Å². The van der Waals surface area contributed by atoms with Crippen molar-refractivity contribution in [2.24, 2.45) is 0 Å². The molecular formula is C11H19NO4. The Morgan fingerprint density at radius 1 is 1.25 bits per heavy atom. The molecule has 92 valence electrons. The Balaban J connectivity index is 2.69. The third kappa shape index (κ3) is 3.48. The molecule has 1 unspecified atom stereocenters. The standard InChI is InChI=1S/C11H19NO4/c1-11(2,3)16-8(10(14)15)9(13)12-6-4-5-7-12/h8H,4-7H2,1-3H3,(H,14,15). The number of carboxylic acids is 1. The number of carbonyl (C=O) groups is 2. The van der Waals surface area contributed by atoms with E-state index < -0.39 is 23.6 Å². The molecule has 16 heavy (non-hydrogen) atoms. The van der Waals surface area contributed by atoms with Crippen LogP contribution in [0.15, 0.2) is 0 Å². The highest BCUT2D eigenvalue weighted by molar-refractivity contribution is 6.00. The van der Waals surface area contributed by atoms with Crippen LogP contribution in [0, 0.1) is 0 Å². The number of likely N-dealkylation sites (tertiary alicyclic amines) is 1. The lowest BCUT2D eigenvalue weighted by atomic mass is 10.1. The van der Waals surface area contributed by atoms with Crippen LogP contribution in [0.25, 0.3) is 0 Å². The number of hydrogen-bond donors (Lipinski definition) is 1. The molecule has 1 fully saturated rings. The highest BCUT2D eigenvalue weighted by Crippen LogP contribution is 2.16. The van der Waals surface area contributed by atoms with E-state index in [2.05, 4.69) is 0 Å². The zero-order chi connectivity index (χ0) is 12.3. The number of aliphatic carboxylic acids is 1. The van der Waals surface area contributed by atoms with E-state index in [1.54, 1.807) is 25.7 Å². The lowest BCUT2D eigenvalue weighted by Crippen LogP contribution is -2.46. The van der Waals surface area contributed by atoms with Crippen molar-refractivity contribution in [1.82, 2.24) is 4.90 Å². The van der Waals surface area contributed by atoms with E-state index >= 15 is 0 Å². The van der Waals surface area contributed by atoms with E-state index in [9.17, 15) is 9.59 Å². The first-order valence-electron chi connectivity index (χ1n) is 5.51. The summed E-state index contributed by atoms with van der Waals surface area (Å²) in [5.41, 5.74) is -0.640. The molecule has 0 saturated carbocycles. The van der Waals surface area contributed by atoms with E-state index in [0.29, 0.717) is 13.1 Å². The topological polar surface area (TPSA) is 66.8 Å². The normalized spacial score (nSPS) is 18.6. The van der Waals surface area contributed by atoms with Crippen molar-refractivity contribution in [3.8, 4) is 0 Å². The predicted octanol–water partition coefficient (Wildman–Crippen LogP) is 0.877. The van der Waals surface area contributed by atoms with Gasteiger partial charge < -0.3 is 14.7 Å². The smallest absolute Gasteiger partial charge is 0.342 e. The summed E-state index contributed by atoms with van der Waals surface area (Å²) >= 11 is 0. The molecule has 1 N–H and O–H groups in total. The van der Waals surface area contributed by atoms with Crippen molar-refractivity contribution in [2.45, 2.75) is 45.3 Å². The Morgan fingerprint density at radius 3 is 2.12 bits per heavy atom. The van der Waals surface area contributed by atoms with Crippen LogP contribution in [-0.4, -0.2) is 46.7 Å². The summed E-state index contributed by atoms with van der Waals surface area (Å²) in [5, 5.41) is 8.99. The number of nitrogens with zero attached hydrogens (tertiary/aromatic N) is 1. The number of amides is 1. The lowest BCUT2D eigenvalue weighted by Gasteiger charge is -2.27. The number of carboxylic acid groups (broad SMARTS) is 1. The monoisotopic (exact) mass is 229 g/mol. The third-order valence-electron chi connectivity index (χ3n) is 2.34. The zero-order valence-electron chi connectivity index (χ0n) is 10.0. The van der Waals surface area contributed by atoms with Gasteiger partial charge in [-0.3, -0.25) is 4.79 Å². The van der Waals surface area contributed by atoms with E-state index in [1.807, 2.05) is 0 Å². The Labute approximate surface area is 95.4 Å². The van der Waals surface area contributed by atoms with Gasteiger partial charge in [-0.2, -0.15) is 0 Å². The fourth-order valence-electron chi connectivity index (χ4n) is 1.66. The van der Waals surface area contributed by atoms with Crippen LogP contribution in [0.2, 0.25) is 0 Å². The molecule has 5 heteroatoms. The van der Waals surface area contributed by atoms with Crippen molar-refractivity contribution >= 4 is 11.9 Å². The van der Waals surface area contributed by atoms with Gasteiger partial charge in [0, 0.05) is 13.1 Å². The number of carbonyl (C=O) groups excluding carboxylic acids is 1. The summed E-state index contributed by atoms with van der Waals surface area (Å²) in [4.78, 5) is 24.4. The lowest BCUT2D eigenvalue weighted by molar-refractivity contribution is -0.171. The van der Waals surface area contributed by atoms with Gasteiger partial charge in [0.25, 0.3) is 5.91 Å². The van der Waals surface area contributed by atoms with Gasteiger partial charge in [-0.05, 0) is 33.6 Å². The summed E-state index contributed by atoms with van der Waals surface area (Å²) in [6.45, 7) is 6.48. The maximum Gasteiger partial charge on any atom is 0.342 e. The molecule has 0 radical (unpaired) electrons. The Morgan fingerprint density at radius 2 is 1.75 bits per heavy atom. The van der Waals surface area contributed by atoms with Crippen LogP contribution in [0.4, 0.5) is 0 Å². The van der Waals surface area contributed by atoms with Gasteiger partial charge in [0.15, 0.2) is 0 Å². The van der Waals surface area contributed by atoms with Crippen molar-refractivity contribution in [1.29, 1.82) is 0 Å². The quantitative estimate of drug-likeness (QED) is 0.729. The second-order valence-corrected chi connectivity index (χ2v) is 4.98. The van der Waals surface area contributed by atoms with Gasteiger partial charge in [-0.1, -0.05) is 0 Å². The second-order valence-electron chi connectivity index (χ2n) is 4.98. The maximum absolute atomic E-state index is 11.9. The molecule has 1 saturated heterocycles. The third-order valence-corrected chi connectivity index (χ3v) is 2.34. The molecule has 1 aliphatic rings. The molecule has 1 aliphatic heterocycles. The molecule has 1 rings (SSSR count). The van der Waals surface area contributed by atoms with E-state index in [4.69, 9.17) is 9.84 Å². The second kappa shape index (κ2) is 4.82. The van der Waals surface area contributed by atoms with Gasteiger partial charge in [-0.15, -0.1) is 0 Å². The first kappa shape index (κ1) is 13.0. The molecule has 0 bridgehead atoms. The average molecular weight is 229 g/mol. The van der Waals surface area contributed by atoms with Crippen LogP contribution >= 0.6 is 0 Å². The van der Waals surface area contributed by atoms with Crippen molar-refractivity contribution in [3.05, 3.63) is 0 Å². The highest BCUT2D eigenvalue weighted by Gasteiger charge is 2.35. The van der Waals surface area contributed by atoms with Gasteiger partial charge in [-0.25, -0.2) is 4.79 Å². The van der Waals surface area contributed by atoms with E-state index in [1.165, 1.54) is 0 Å². The number of ether oxygens (including phenoxy) is 1. The largest absolute Gasteiger partial charge is 0.479 e. The molecule has 5 nitrogen and oxygen atoms in total. The van der Waals surface area contributed by atoms with E-state index in [0.717, 1.165) is 12.8 Å². The van der Waals surface area contributed by atoms with Crippen molar-refractivity contribution < 1.29 is 19.4 Å². The molecule has 0 aromatic heterocycles. The zero-order valence-corrected chi connectivity index (χ0v) is 10.0. The minimum atomic E-state index is -1.38. The van der Waals surface area contributed by atoms with Crippen molar-refractivity contribution in [2.75, 3.05) is 13.1 Å². The molecule has 0 spiro atoms. The maximum atomic E-state index is 11.9. The fourth-order valence-corrected chi connectivity index (χ4v) is 1.66. The molecule has 0 aliphatic carbocycles. The molecule has 0 aromatic carbocycles. The molecule has 1 heterocycles. The summed E-state index contributed by atoms with van der Waals surface area (Å²) < 4.78 is 5.28. The summed E-state index contributed by atoms with van der Waals surface area (Å²) in [7, 11) is 0. The average Bonchev–Trinajstić information content (AvgIpc) is 2.63. The highest BCUT2D eigenvalue weighted by atomic mass is 16.5. The first-order chi connectivity index (χ1) is 7.31. The summed E-state index contributed by atoms with van der Waals surface area (Å²) in [5.74, 6) is -1.65. The first-order valence-corrected chi connectivity index (χ1v) is 5.51. The minimum Gasteiger partial charge on any atom is -0.479 e.